The monoisotopic (exact) mass is 445 g/mol. The van der Waals surface area contributed by atoms with Crippen molar-refractivity contribution < 1.29 is 32.7 Å². The van der Waals surface area contributed by atoms with Crippen molar-refractivity contribution in [2.75, 3.05) is 6.26 Å². The molecule has 0 saturated heterocycles. The van der Waals surface area contributed by atoms with E-state index in [4.69, 9.17) is 5.26 Å². The fraction of sp³-hybridized carbons (Fsp3) is 0.0769. The first kappa shape index (κ1) is 20.5. The normalized spacial score (nSPS) is 12.2. The van der Waals surface area contributed by atoms with Crippen LogP contribution in [0.3, 0.4) is 0 Å². The molecule has 2 aromatic carbocycles. The maximum atomic E-state index is 11.6. The molecule has 0 aliphatic rings. The highest BCUT2D eigenvalue weighted by Crippen LogP contribution is 2.42. The zero-order valence-corrected chi connectivity index (χ0v) is 16.2. The van der Waals surface area contributed by atoms with Crippen LogP contribution in [0.15, 0.2) is 49.4 Å². The van der Waals surface area contributed by atoms with Gasteiger partial charge in [0.05, 0.1) is 12.0 Å². The molecule has 3 aromatic rings. The van der Waals surface area contributed by atoms with Gasteiger partial charge in [-0.15, -0.1) is 19.7 Å². The van der Waals surface area contributed by atoms with Crippen LogP contribution in [-0.4, -0.2) is 44.8 Å². The van der Waals surface area contributed by atoms with E-state index in [9.17, 15) is 18.1 Å². The fourth-order valence-electron chi connectivity index (χ4n) is 2.21. The molecule has 12 nitrogen and oxygen atoms in total. The van der Waals surface area contributed by atoms with Crippen molar-refractivity contribution in [2.45, 2.75) is 14.9 Å². The lowest BCUT2D eigenvalue weighted by Crippen LogP contribution is -1.99. The van der Waals surface area contributed by atoms with Crippen molar-refractivity contribution in [3.05, 3.63) is 24.3 Å². The smallest absolute Gasteiger partial charge is 0.298 e. The molecule has 15 heteroatoms. The number of rotatable bonds is 7. The molecule has 0 radical (unpaired) electrons. The molecule has 3 rings (SSSR count). The number of phenolic OH excluding ortho intramolecular Hbond substituents is 1. The first-order valence-electron chi connectivity index (χ1n) is 7.13. The van der Waals surface area contributed by atoms with Crippen LogP contribution in [0.4, 0.5) is 11.6 Å². The number of hydrogen-bond donors (Lipinski definition) is 4. The summed E-state index contributed by atoms with van der Waals surface area (Å²) in [4.78, 5) is 3.68. The van der Waals surface area contributed by atoms with Gasteiger partial charge in [0, 0.05) is 10.3 Å². The third kappa shape index (κ3) is 4.41. The summed E-state index contributed by atoms with van der Waals surface area (Å²) in [6.07, 6.45) is 1.76. The number of phenols is 1. The summed E-state index contributed by atoms with van der Waals surface area (Å²) in [5.74, 6) is -0.742. The molecule has 4 N–H and O–H groups in total. The Labute approximate surface area is 165 Å². The third-order valence-corrected chi connectivity index (χ3v) is 5.33. The van der Waals surface area contributed by atoms with E-state index in [0.717, 1.165) is 6.07 Å². The van der Waals surface area contributed by atoms with Gasteiger partial charge in [0.25, 0.3) is 16.1 Å². The second kappa shape index (κ2) is 8.39. The van der Waals surface area contributed by atoms with E-state index < -0.39 is 20.8 Å². The van der Waals surface area contributed by atoms with Crippen molar-refractivity contribution in [3.63, 3.8) is 0 Å². The van der Waals surface area contributed by atoms with Crippen molar-refractivity contribution in [2.24, 2.45) is 10.2 Å². The highest BCUT2D eigenvalue weighted by atomic mass is 32.2. The molecule has 0 atom stereocenters. The lowest BCUT2D eigenvalue weighted by Gasteiger charge is -2.09. The number of thioether (sulfide) groups is 1. The molecule has 0 aliphatic carbocycles. The Balaban J connectivity index is 2.16. The average Bonchev–Trinajstić information content (AvgIpc) is 3.12. The van der Waals surface area contributed by atoms with E-state index in [1.807, 2.05) is 0 Å². The van der Waals surface area contributed by atoms with Gasteiger partial charge >= 0.3 is 0 Å². The Hall–Kier alpha value is -2.27. The van der Waals surface area contributed by atoms with Crippen LogP contribution in [0, 0.1) is 0 Å². The van der Waals surface area contributed by atoms with Gasteiger partial charge in [-0.25, -0.2) is 10.4 Å². The summed E-state index contributed by atoms with van der Waals surface area (Å²) >= 11 is 1.92. The Morgan fingerprint density at radius 1 is 1.25 bits per heavy atom. The maximum Gasteiger partial charge on any atom is 0.298 e. The Morgan fingerprint density at radius 2 is 2.04 bits per heavy atom. The number of aromatic hydroxyl groups is 1. The van der Waals surface area contributed by atoms with Crippen molar-refractivity contribution in [1.82, 2.24) is 15.2 Å². The second-order valence-electron chi connectivity index (χ2n) is 5.00. The molecule has 148 valence electrons. The second-order valence-corrected chi connectivity index (χ2v) is 7.94. The molecule has 0 bridgehead atoms. The molecule has 0 saturated carbocycles. The van der Waals surface area contributed by atoms with Crippen LogP contribution in [0.2, 0.25) is 0 Å². The van der Waals surface area contributed by atoms with Crippen LogP contribution in [0.5, 0.6) is 5.75 Å². The number of fused-ring (bicyclic) bond motifs is 1. The van der Waals surface area contributed by atoms with Gasteiger partial charge in [0.1, 0.15) is 10.6 Å². The fourth-order valence-corrected chi connectivity index (χ4v) is 3.54. The average molecular weight is 445 g/mol. The van der Waals surface area contributed by atoms with Crippen LogP contribution in [-0.2, 0) is 19.5 Å². The first-order valence-corrected chi connectivity index (χ1v) is 10.5. The van der Waals surface area contributed by atoms with E-state index in [-0.39, 0.29) is 17.0 Å². The van der Waals surface area contributed by atoms with Crippen molar-refractivity contribution >= 4 is 56.3 Å². The summed E-state index contributed by atoms with van der Waals surface area (Å²) in [5.41, 5.74) is -0.205. The number of benzene rings is 2. The van der Waals surface area contributed by atoms with Gasteiger partial charge in [-0.1, -0.05) is 22.9 Å². The predicted molar refractivity (Wildman–Crippen MR) is 98.4 cm³/mol. The third-order valence-electron chi connectivity index (χ3n) is 3.34. The van der Waals surface area contributed by atoms with Gasteiger partial charge in [-0.3, -0.25) is 4.55 Å². The van der Waals surface area contributed by atoms with Crippen LogP contribution in [0.1, 0.15) is 0 Å². The Morgan fingerprint density at radius 3 is 2.68 bits per heavy atom. The molecular weight excluding hydrogens is 434 g/mol. The van der Waals surface area contributed by atoms with E-state index in [0.29, 0.717) is 27.5 Å². The van der Waals surface area contributed by atoms with Gasteiger partial charge in [0.15, 0.2) is 5.75 Å². The number of H-pyrrole nitrogens is 1. The van der Waals surface area contributed by atoms with Crippen LogP contribution >= 0.6 is 23.8 Å². The summed E-state index contributed by atoms with van der Waals surface area (Å²) in [6.45, 7) is 0. The number of nitrogens with zero attached hydrogens (tertiary/aromatic N) is 4. The minimum atomic E-state index is -4.75. The largest absolute Gasteiger partial charge is 0.504 e. The van der Waals surface area contributed by atoms with E-state index >= 15 is 0 Å². The molecular formula is C13H11N5O7S3. The number of aromatic nitrogens is 3. The van der Waals surface area contributed by atoms with Crippen molar-refractivity contribution in [3.8, 4) is 5.75 Å². The summed E-state index contributed by atoms with van der Waals surface area (Å²) in [6, 6.07) is 5.57. The Kier molecular flexibility index (Phi) is 6.14. The standard InChI is InChI=1S/C13H11N5O7S3/c1-26-13-14-12(17-18-13)16-15-10-8-3-2-7(27-25-24-20)4-6(8)5-9(11(10)19)28(21,22)23/h2-5,19-20H,1H3,(H,14,17,18)(H,21,22,23). The molecule has 0 fully saturated rings. The van der Waals surface area contributed by atoms with Gasteiger partial charge in [-0.2, -0.15) is 13.4 Å². The molecule has 0 amide bonds. The zero-order chi connectivity index (χ0) is 20.3. The summed E-state index contributed by atoms with van der Waals surface area (Å²) in [7, 11) is -4.75. The van der Waals surface area contributed by atoms with Crippen LogP contribution < -0.4 is 0 Å². The molecule has 0 spiro atoms. The quantitative estimate of drug-likeness (QED) is 0.104. The molecule has 0 unspecified atom stereocenters. The number of azo groups is 1. The molecule has 1 aromatic heterocycles. The number of aromatic amines is 1. The van der Waals surface area contributed by atoms with E-state index in [1.165, 1.54) is 30.0 Å². The lowest BCUT2D eigenvalue weighted by molar-refractivity contribution is -0.432. The lowest BCUT2D eigenvalue weighted by atomic mass is 10.1. The van der Waals surface area contributed by atoms with Gasteiger partial charge < -0.3 is 5.11 Å². The maximum absolute atomic E-state index is 11.6. The summed E-state index contributed by atoms with van der Waals surface area (Å²) in [5, 5.41) is 37.2. The van der Waals surface area contributed by atoms with Gasteiger partial charge in [-0.05, 0) is 29.8 Å². The first-order chi connectivity index (χ1) is 13.3. The van der Waals surface area contributed by atoms with Crippen molar-refractivity contribution in [1.29, 1.82) is 0 Å². The highest BCUT2D eigenvalue weighted by molar-refractivity contribution is 7.98. The number of hydrogen-bond acceptors (Lipinski definition) is 12. The molecule has 28 heavy (non-hydrogen) atoms. The highest BCUT2D eigenvalue weighted by Gasteiger charge is 2.22. The topological polar surface area (TPSA) is 180 Å². The Bertz CT molecular complexity index is 1150. The molecule has 1 heterocycles. The van der Waals surface area contributed by atoms with E-state index in [1.54, 1.807) is 6.26 Å². The minimum absolute atomic E-state index is 0.0369. The van der Waals surface area contributed by atoms with Crippen LogP contribution in [0.25, 0.3) is 10.8 Å². The number of nitrogens with one attached hydrogen (secondary N) is 1. The minimum Gasteiger partial charge on any atom is -0.504 e. The summed E-state index contributed by atoms with van der Waals surface area (Å²) < 4.78 is 37.0. The SMILES string of the molecule is CSc1n[nH]c(N=Nc2c(O)c(S(=O)(=O)O)cc3cc(SOOO)ccc23)n1. The van der Waals surface area contributed by atoms with E-state index in [2.05, 4.69) is 34.8 Å². The zero-order valence-electron chi connectivity index (χ0n) is 13.8. The molecule has 0 aliphatic heterocycles. The predicted octanol–water partition coefficient (Wildman–Crippen LogP) is 3.48. The van der Waals surface area contributed by atoms with Gasteiger partial charge in [0.2, 0.25) is 5.16 Å².